The number of methoxy groups -OCH3 is 2. The fraction of sp³-hybridized carbons (Fsp3) is 0.458. The van der Waals surface area contributed by atoms with E-state index in [0.717, 1.165) is 55.7 Å². The van der Waals surface area contributed by atoms with Crippen molar-refractivity contribution in [2.45, 2.75) is 20.3 Å². The SMILES string of the molecule is CCNC(=NCC1CCN(c2cccc(OC)c2)C1)Nc1ccc(OCC)c(OC)c1.I. The monoisotopic (exact) mass is 554 g/mol. The molecule has 1 saturated heterocycles. The van der Waals surface area contributed by atoms with E-state index in [-0.39, 0.29) is 24.0 Å². The average molecular weight is 554 g/mol. The summed E-state index contributed by atoms with van der Waals surface area (Å²) in [5, 5.41) is 6.71. The summed E-state index contributed by atoms with van der Waals surface area (Å²) in [7, 11) is 3.35. The lowest BCUT2D eigenvalue weighted by molar-refractivity contribution is 0.311. The first-order valence-electron chi connectivity index (χ1n) is 10.9. The van der Waals surface area contributed by atoms with Crippen LogP contribution in [0.2, 0.25) is 0 Å². The van der Waals surface area contributed by atoms with Crippen LogP contribution >= 0.6 is 24.0 Å². The zero-order chi connectivity index (χ0) is 22.1. The summed E-state index contributed by atoms with van der Waals surface area (Å²) in [6, 6.07) is 14.1. The molecule has 0 bridgehead atoms. The number of ether oxygens (including phenoxy) is 3. The molecule has 1 fully saturated rings. The molecule has 2 aromatic rings. The number of hydrogen-bond donors (Lipinski definition) is 2. The highest BCUT2D eigenvalue weighted by Crippen LogP contribution is 2.30. The molecule has 1 atom stereocenters. The van der Waals surface area contributed by atoms with E-state index < -0.39 is 0 Å². The van der Waals surface area contributed by atoms with E-state index >= 15 is 0 Å². The minimum absolute atomic E-state index is 0. The normalized spacial score (nSPS) is 15.7. The molecule has 7 nitrogen and oxygen atoms in total. The van der Waals surface area contributed by atoms with Crippen LogP contribution < -0.4 is 29.7 Å². The molecule has 1 aliphatic heterocycles. The van der Waals surface area contributed by atoms with Crippen LogP contribution in [-0.2, 0) is 0 Å². The molecule has 1 aliphatic rings. The summed E-state index contributed by atoms with van der Waals surface area (Å²) in [6.07, 6.45) is 1.12. The van der Waals surface area contributed by atoms with Gasteiger partial charge in [-0.3, -0.25) is 4.99 Å². The molecule has 1 heterocycles. The molecule has 3 rings (SSSR count). The second-order valence-corrected chi connectivity index (χ2v) is 7.45. The third-order valence-corrected chi connectivity index (χ3v) is 5.28. The first kappa shape index (κ1) is 25.9. The van der Waals surface area contributed by atoms with Crippen LogP contribution in [0.3, 0.4) is 0 Å². The predicted molar refractivity (Wildman–Crippen MR) is 142 cm³/mol. The summed E-state index contributed by atoms with van der Waals surface area (Å²) >= 11 is 0. The van der Waals surface area contributed by atoms with Gasteiger partial charge in [0.25, 0.3) is 0 Å². The number of rotatable bonds is 9. The maximum absolute atomic E-state index is 5.60. The van der Waals surface area contributed by atoms with E-state index in [2.05, 4.69) is 34.6 Å². The quantitative estimate of drug-likeness (QED) is 0.268. The Morgan fingerprint density at radius 1 is 1.09 bits per heavy atom. The number of halogens is 1. The number of hydrogen-bond acceptors (Lipinski definition) is 5. The van der Waals surface area contributed by atoms with Gasteiger partial charge in [0, 0.05) is 49.7 Å². The molecule has 0 aromatic heterocycles. The summed E-state index contributed by atoms with van der Waals surface area (Å²) in [6.45, 7) is 8.21. The molecule has 0 radical (unpaired) electrons. The minimum Gasteiger partial charge on any atom is -0.497 e. The van der Waals surface area contributed by atoms with Crippen LogP contribution in [0.5, 0.6) is 17.2 Å². The zero-order valence-corrected chi connectivity index (χ0v) is 21.7. The summed E-state index contributed by atoms with van der Waals surface area (Å²) < 4.78 is 16.4. The van der Waals surface area contributed by atoms with E-state index in [1.54, 1.807) is 14.2 Å². The van der Waals surface area contributed by atoms with Crippen molar-refractivity contribution in [3.8, 4) is 17.2 Å². The van der Waals surface area contributed by atoms with Crippen molar-refractivity contribution in [1.29, 1.82) is 0 Å². The van der Waals surface area contributed by atoms with Gasteiger partial charge < -0.3 is 29.7 Å². The predicted octanol–water partition coefficient (Wildman–Crippen LogP) is 4.62. The molecule has 0 spiro atoms. The Bertz CT molecular complexity index is 878. The smallest absolute Gasteiger partial charge is 0.195 e. The van der Waals surface area contributed by atoms with Gasteiger partial charge >= 0.3 is 0 Å². The Kier molecular flexibility index (Phi) is 10.7. The van der Waals surface area contributed by atoms with E-state index in [1.165, 1.54) is 5.69 Å². The highest BCUT2D eigenvalue weighted by atomic mass is 127. The molecule has 0 saturated carbocycles. The first-order chi connectivity index (χ1) is 15.2. The van der Waals surface area contributed by atoms with Crippen LogP contribution in [0, 0.1) is 5.92 Å². The molecule has 2 aromatic carbocycles. The number of nitrogens with one attached hydrogen (secondary N) is 2. The summed E-state index contributed by atoms with van der Waals surface area (Å²) in [4.78, 5) is 7.24. The van der Waals surface area contributed by atoms with Gasteiger partial charge in [0.2, 0.25) is 0 Å². The molecule has 0 aliphatic carbocycles. The Morgan fingerprint density at radius 3 is 2.66 bits per heavy atom. The third-order valence-electron chi connectivity index (χ3n) is 5.28. The molecular weight excluding hydrogens is 519 g/mol. The third kappa shape index (κ3) is 7.08. The second-order valence-electron chi connectivity index (χ2n) is 7.45. The van der Waals surface area contributed by atoms with Crippen molar-refractivity contribution in [3.05, 3.63) is 42.5 Å². The molecule has 2 N–H and O–H groups in total. The number of aliphatic imine (C=N–C) groups is 1. The molecule has 8 heteroatoms. The van der Waals surface area contributed by atoms with Crippen molar-refractivity contribution in [2.75, 3.05) is 57.2 Å². The summed E-state index contributed by atoms with van der Waals surface area (Å²) in [5.74, 6) is 3.61. The van der Waals surface area contributed by atoms with Crippen LogP contribution in [0.4, 0.5) is 11.4 Å². The van der Waals surface area contributed by atoms with Crippen LogP contribution in [0.1, 0.15) is 20.3 Å². The standard InChI is InChI=1S/C24H34N4O3.HI/c1-5-25-24(27-19-10-11-22(31-6-2)23(14-19)30-4)26-16-18-12-13-28(17-18)20-8-7-9-21(15-20)29-3;/h7-11,14-15,18H,5-6,12-13,16-17H2,1-4H3,(H2,25,26,27);1H. The second kappa shape index (κ2) is 13.2. The largest absolute Gasteiger partial charge is 0.497 e. The average Bonchev–Trinajstić information content (AvgIpc) is 3.28. The van der Waals surface area contributed by atoms with Crippen LogP contribution in [-0.4, -0.2) is 53.0 Å². The van der Waals surface area contributed by atoms with Crippen LogP contribution in [0.15, 0.2) is 47.5 Å². The number of benzene rings is 2. The van der Waals surface area contributed by atoms with E-state index in [4.69, 9.17) is 19.2 Å². The van der Waals surface area contributed by atoms with E-state index in [0.29, 0.717) is 18.3 Å². The van der Waals surface area contributed by atoms with Crippen molar-refractivity contribution in [3.63, 3.8) is 0 Å². The molecule has 32 heavy (non-hydrogen) atoms. The molecule has 1 unspecified atom stereocenters. The minimum atomic E-state index is 0. The van der Waals surface area contributed by atoms with Gasteiger partial charge in [0.05, 0.1) is 20.8 Å². The Hall–Kier alpha value is -2.36. The molecule has 0 amide bonds. The Labute approximate surface area is 208 Å². The van der Waals surface area contributed by atoms with Gasteiger partial charge in [-0.2, -0.15) is 0 Å². The topological polar surface area (TPSA) is 67.4 Å². The lowest BCUT2D eigenvalue weighted by Crippen LogP contribution is -2.31. The zero-order valence-electron chi connectivity index (χ0n) is 19.4. The van der Waals surface area contributed by atoms with Crippen molar-refractivity contribution >= 4 is 41.3 Å². The molecular formula is C24H35IN4O3. The summed E-state index contributed by atoms with van der Waals surface area (Å²) in [5.41, 5.74) is 2.11. The van der Waals surface area contributed by atoms with Gasteiger partial charge in [-0.05, 0) is 50.5 Å². The fourth-order valence-corrected chi connectivity index (χ4v) is 3.71. The van der Waals surface area contributed by atoms with Crippen molar-refractivity contribution in [2.24, 2.45) is 10.9 Å². The van der Waals surface area contributed by atoms with Gasteiger partial charge in [-0.1, -0.05) is 6.07 Å². The van der Waals surface area contributed by atoms with Gasteiger partial charge in [0.15, 0.2) is 17.5 Å². The van der Waals surface area contributed by atoms with E-state index in [1.807, 2.05) is 37.3 Å². The Morgan fingerprint density at radius 2 is 1.94 bits per heavy atom. The van der Waals surface area contributed by atoms with Crippen molar-refractivity contribution < 1.29 is 14.2 Å². The number of anilines is 2. The lowest BCUT2D eigenvalue weighted by atomic mass is 10.1. The van der Waals surface area contributed by atoms with Crippen molar-refractivity contribution in [1.82, 2.24) is 5.32 Å². The Balaban J connectivity index is 0.00000363. The van der Waals surface area contributed by atoms with E-state index in [9.17, 15) is 0 Å². The first-order valence-corrected chi connectivity index (χ1v) is 10.9. The van der Waals surface area contributed by atoms with Gasteiger partial charge in [-0.25, -0.2) is 0 Å². The van der Waals surface area contributed by atoms with Gasteiger partial charge in [-0.15, -0.1) is 24.0 Å². The highest BCUT2D eigenvalue weighted by molar-refractivity contribution is 14.0. The lowest BCUT2D eigenvalue weighted by Gasteiger charge is -2.19. The van der Waals surface area contributed by atoms with Crippen LogP contribution in [0.25, 0.3) is 0 Å². The number of guanidine groups is 1. The maximum Gasteiger partial charge on any atom is 0.195 e. The number of nitrogens with zero attached hydrogens (tertiary/aromatic N) is 2. The maximum atomic E-state index is 5.60. The molecule has 176 valence electrons. The highest BCUT2D eigenvalue weighted by Gasteiger charge is 2.23. The fourth-order valence-electron chi connectivity index (χ4n) is 3.71. The van der Waals surface area contributed by atoms with Gasteiger partial charge in [0.1, 0.15) is 5.75 Å².